The van der Waals surface area contributed by atoms with Crippen LogP contribution in [-0.4, -0.2) is 9.97 Å². The molecule has 20 heavy (non-hydrogen) atoms. The molecule has 3 rings (SSSR count). The van der Waals surface area contributed by atoms with Crippen molar-refractivity contribution in [3.63, 3.8) is 0 Å². The number of anilines is 2. The number of hydrogen-bond donors (Lipinski definition) is 1. The summed E-state index contributed by atoms with van der Waals surface area (Å²) in [7, 11) is 0. The molecule has 0 unspecified atom stereocenters. The number of nitrogens with one attached hydrogen (secondary N) is 1. The fourth-order valence-electron chi connectivity index (χ4n) is 1.99. The first-order valence-electron chi connectivity index (χ1n) is 6.07. The van der Waals surface area contributed by atoms with E-state index in [-0.39, 0.29) is 0 Å². The number of nitrogens with zero attached hydrogens (tertiary/aromatic N) is 2. The number of para-hydroxylation sites is 1. The molecule has 5 heteroatoms. The molecule has 2 aromatic heterocycles. The largest absolute Gasteiger partial charge is 0.338 e. The van der Waals surface area contributed by atoms with Crippen molar-refractivity contribution in [2.75, 3.05) is 5.32 Å². The Morgan fingerprint density at radius 3 is 2.70 bits per heavy atom. The summed E-state index contributed by atoms with van der Waals surface area (Å²) < 4.78 is 1.91. The van der Waals surface area contributed by atoms with Gasteiger partial charge in [-0.15, -0.1) is 0 Å². The van der Waals surface area contributed by atoms with Gasteiger partial charge in [0.05, 0.1) is 15.7 Å². The van der Waals surface area contributed by atoms with Crippen molar-refractivity contribution in [1.82, 2.24) is 9.97 Å². The van der Waals surface area contributed by atoms with Crippen LogP contribution in [0.1, 0.15) is 5.56 Å². The van der Waals surface area contributed by atoms with E-state index in [1.54, 1.807) is 6.20 Å². The highest BCUT2D eigenvalue weighted by atomic mass is 79.9. The molecule has 0 aliphatic carbocycles. The lowest BCUT2D eigenvalue weighted by Gasteiger charge is -2.10. The molecule has 1 aromatic carbocycles. The monoisotopic (exact) mass is 391 g/mol. The van der Waals surface area contributed by atoms with Gasteiger partial charge in [-0.1, -0.05) is 12.1 Å². The van der Waals surface area contributed by atoms with Crippen LogP contribution >= 0.6 is 31.9 Å². The maximum absolute atomic E-state index is 4.47. The molecule has 0 bridgehead atoms. The Bertz CT molecular complexity index is 787. The lowest BCUT2D eigenvalue weighted by molar-refractivity contribution is 1.24. The van der Waals surface area contributed by atoms with Crippen LogP contribution in [0.15, 0.2) is 51.7 Å². The fraction of sp³-hybridized carbons (Fsp3) is 0.0667. The summed E-state index contributed by atoms with van der Waals surface area (Å²) in [6, 6.07) is 10.1. The highest BCUT2D eigenvalue weighted by molar-refractivity contribution is 9.10. The van der Waals surface area contributed by atoms with Gasteiger partial charge in [0.2, 0.25) is 0 Å². The Balaban J connectivity index is 2.06. The minimum absolute atomic E-state index is 0.785. The number of hydrogen-bond acceptors (Lipinski definition) is 3. The smallest absolute Gasteiger partial charge is 0.144 e. The van der Waals surface area contributed by atoms with Gasteiger partial charge in [0.25, 0.3) is 0 Å². The molecule has 0 aliphatic rings. The Morgan fingerprint density at radius 1 is 1.05 bits per heavy atom. The number of fused-ring (bicyclic) bond motifs is 1. The maximum Gasteiger partial charge on any atom is 0.144 e. The highest BCUT2D eigenvalue weighted by Gasteiger charge is 2.06. The summed E-state index contributed by atoms with van der Waals surface area (Å²) in [6.07, 6.45) is 3.63. The summed E-state index contributed by atoms with van der Waals surface area (Å²) in [5.41, 5.74) is 2.97. The van der Waals surface area contributed by atoms with Crippen LogP contribution in [0, 0.1) is 6.92 Å². The quantitative estimate of drug-likeness (QED) is 0.650. The molecule has 0 fully saturated rings. The first-order valence-corrected chi connectivity index (χ1v) is 7.65. The van der Waals surface area contributed by atoms with Crippen LogP contribution in [0.5, 0.6) is 0 Å². The van der Waals surface area contributed by atoms with E-state index >= 15 is 0 Å². The molecule has 0 aliphatic heterocycles. The number of pyridine rings is 2. The Kier molecular flexibility index (Phi) is 3.72. The Labute approximate surface area is 133 Å². The number of benzene rings is 1. The molecule has 2 heterocycles. The molecule has 1 N–H and O–H groups in total. The van der Waals surface area contributed by atoms with Crippen LogP contribution < -0.4 is 5.32 Å². The average Bonchev–Trinajstić information content (AvgIpc) is 2.41. The van der Waals surface area contributed by atoms with Crippen LogP contribution in [0.25, 0.3) is 10.9 Å². The maximum atomic E-state index is 4.47. The van der Waals surface area contributed by atoms with E-state index in [0.717, 1.165) is 36.9 Å². The second kappa shape index (κ2) is 5.50. The molecule has 0 atom stereocenters. The molecule has 0 amide bonds. The van der Waals surface area contributed by atoms with Crippen molar-refractivity contribution in [2.24, 2.45) is 0 Å². The first kappa shape index (κ1) is 13.5. The van der Waals surface area contributed by atoms with E-state index in [1.807, 2.05) is 43.5 Å². The zero-order valence-electron chi connectivity index (χ0n) is 10.7. The van der Waals surface area contributed by atoms with E-state index < -0.39 is 0 Å². The summed E-state index contributed by atoms with van der Waals surface area (Å²) in [6.45, 7) is 2.01. The predicted molar refractivity (Wildman–Crippen MR) is 89.4 cm³/mol. The third-order valence-electron chi connectivity index (χ3n) is 2.91. The normalized spacial score (nSPS) is 10.8. The first-order chi connectivity index (χ1) is 9.63. The van der Waals surface area contributed by atoms with E-state index in [9.17, 15) is 0 Å². The highest BCUT2D eigenvalue weighted by Crippen LogP contribution is 2.29. The SMILES string of the molecule is Cc1cnc(Nc2cccc3cc(Br)cnc23)c(Br)c1. The lowest BCUT2D eigenvalue weighted by atomic mass is 10.2. The van der Waals surface area contributed by atoms with Gasteiger partial charge in [-0.2, -0.15) is 0 Å². The second-order valence-corrected chi connectivity index (χ2v) is 6.27. The molecule has 100 valence electrons. The standard InChI is InChI=1S/C15H11Br2N3/c1-9-5-12(17)15(19-7-9)20-13-4-2-3-10-6-11(16)8-18-14(10)13/h2-8H,1H3,(H,19,20). The summed E-state index contributed by atoms with van der Waals surface area (Å²) in [5, 5.41) is 4.40. The number of aromatic nitrogens is 2. The molecule has 0 radical (unpaired) electrons. The third-order valence-corrected chi connectivity index (χ3v) is 3.95. The minimum atomic E-state index is 0.785. The molecular formula is C15H11Br2N3. The predicted octanol–water partition coefficient (Wildman–Crippen LogP) is 5.21. The van der Waals surface area contributed by atoms with E-state index in [1.165, 1.54) is 0 Å². The van der Waals surface area contributed by atoms with Gasteiger partial charge in [-0.05, 0) is 62.5 Å². The molecule has 3 aromatic rings. The molecule has 0 saturated carbocycles. The zero-order chi connectivity index (χ0) is 14.1. The van der Waals surface area contributed by atoms with Crippen molar-refractivity contribution in [3.8, 4) is 0 Å². The van der Waals surface area contributed by atoms with Crippen LogP contribution in [0.2, 0.25) is 0 Å². The Hall–Kier alpha value is -1.46. The van der Waals surface area contributed by atoms with Gasteiger partial charge < -0.3 is 5.32 Å². The number of aryl methyl sites for hydroxylation is 1. The molecule has 0 saturated heterocycles. The van der Waals surface area contributed by atoms with Gasteiger partial charge in [0, 0.05) is 22.3 Å². The topological polar surface area (TPSA) is 37.8 Å². The van der Waals surface area contributed by atoms with Gasteiger partial charge in [0.1, 0.15) is 5.82 Å². The van der Waals surface area contributed by atoms with Gasteiger partial charge in [0.15, 0.2) is 0 Å². The molecule has 3 nitrogen and oxygen atoms in total. The van der Waals surface area contributed by atoms with E-state index in [0.29, 0.717) is 0 Å². The van der Waals surface area contributed by atoms with Crippen molar-refractivity contribution < 1.29 is 0 Å². The average molecular weight is 393 g/mol. The second-order valence-electron chi connectivity index (χ2n) is 4.50. The summed E-state index contributed by atoms with van der Waals surface area (Å²) >= 11 is 6.97. The van der Waals surface area contributed by atoms with Crippen molar-refractivity contribution in [1.29, 1.82) is 0 Å². The molecule has 0 spiro atoms. The van der Waals surface area contributed by atoms with Crippen molar-refractivity contribution in [3.05, 3.63) is 57.2 Å². The van der Waals surface area contributed by atoms with Crippen molar-refractivity contribution >= 4 is 54.3 Å². The minimum Gasteiger partial charge on any atom is -0.338 e. The van der Waals surface area contributed by atoms with Crippen molar-refractivity contribution in [2.45, 2.75) is 6.92 Å². The number of halogens is 2. The van der Waals surface area contributed by atoms with Gasteiger partial charge >= 0.3 is 0 Å². The van der Waals surface area contributed by atoms with Crippen LogP contribution in [0.3, 0.4) is 0 Å². The van der Waals surface area contributed by atoms with Gasteiger partial charge in [-0.3, -0.25) is 4.98 Å². The summed E-state index contributed by atoms with van der Waals surface area (Å²) in [5.74, 6) is 0.785. The Morgan fingerprint density at radius 2 is 1.90 bits per heavy atom. The van der Waals surface area contributed by atoms with E-state index in [2.05, 4.69) is 47.1 Å². The van der Waals surface area contributed by atoms with E-state index in [4.69, 9.17) is 0 Å². The lowest BCUT2D eigenvalue weighted by Crippen LogP contribution is -1.97. The fourth-order valence-corrected chi connectivity index (χ4v) is 2.90. The third kappa shape index (κ3) is 2.69. The number of rotatable bonds is 2. The zero-order valence-corrected chi connectivity index (χ0v) is 13.9. The molecular weight excluding hydrogens is 382 g/mol. The van der Waals surface area contributed by atoms with Crippen LogP contribution in [-0.2, 0) is 0 Å². The van der Waals surface area contributed by atoms with Crippen LogP contribution in [0.4, 0.5) is 11.5 Å². The van der Waals surface area contributed by atoms with Gasteiger partial charge in [-0.25, -0.2) is 4.98 Å². The summed E-state index contributed by atoms with van der Waals surface area (Å²) in [4.78, 5) is 8.87.